The van der Waals surface area contributed by atoms with Crippen molar-refractivity contribution < 1.29 is 19.6 Å². The van der Waals surface area contributed by atoms with Crippen LogP contribution in [0, 0.1) is 10.1 Å². The Morgan fingerprint density at radius 3 is 2.70 bits per heavy atom. The molecule has 0 atom stereocenters. The Labute approximate surface area is 211 Å². The maximum atomic E-state index is 12.7. The number of halogens is 2. The molecule has 3 amide bonds. The summed E-state index contributed by atoms with van der Waals surface area (Å²) in [6, 6.07) is 8.26. The summed E-state index contributed by atoms with van der Waals surface area (Å²) < 4.78 is 0.0835. The van der Waals surface area contributed by atoms with Crippen LogP contribution in [0.25, 0.3) is 6.08 Å². The summed E-state index contributed by atoms with van der Waals surface area (Å²) in [5, 5.41) is 24.3. The molecule has 14 heteroatoms. The minimum Gasteiger partial charge on any atom is -0.396 e. The standard InChI is InChI=1S/C19H14Cl2N4O5S3/c20-12-3-2-11(9-13(12)21)22-18(28)23-24-17(27)16(33-19(24)31)8-10-1-4-15(32-6-5-26)14(7-10)25(29)30/h1-4,7-9,26H,5-6H2,(H2,22,23,28)/b16-8-. The average molecular weight is 545 g/mol. The van der Waals surface area contributed by atoms with Crippen molar-refractivity contribution in [2.75, 3.05) is 17.7 Å². The Morgan fingerprint density at radius 1 is 1.27 bits per heavy atom. The van der Waals surface area contributed by atoms with Crippen molar-refractivity contribution in [3.8, 4) is 0 Å². The summed E-state index contributed by atoms with van der Waals surface area (Å²) in [6.07, 6.45) is 1.45. The number of thiocarbonyl (C=S) groups is 1. The molecule has 1 heterocycles. The van der Waals surface area contributed by atoms with Crippen LogP contribution in [0.4, 0.5) is 16.2 Å². The molecule has 0 saturated carbocycles. The highest BCUT2D eigenvalue weighted by Gasteiger charge is 2.33. The molecule has 2 aromatic rings. The Kier molecular flexibility index (Phi) is 8.57. The van der Waals surface area contributed by atoms with E-state index in [2.05, 4.69) is 10.7 Å². The molecule has 1 saturated heterocycles. The number of hydrogen-bond acceptors (Lipinski definition) is 8. The predicted molar refractivity (Wildman–Crippen MR) is 135 cm³/mol. The van der Waals surface area contributed by atoms with E-state index >= 15 is 0 Å². The zero-order chi connectivity index (χ0) is 24.1. The van der Waals surface area contributed by atoms with Crippen molar-refractivity contribution in [2.45, 2.75) is 4.90 Å². The molecule has 9 nitrogen and oxygen atoms in total. The number of aliphatic hydroxyl groups is 1. The number of aliphatic hydroxyl groups excluding tert-OH is 1. The molecular formula is C19H14Cl2N4O5S3. The second kappa shape index (κ2) is 11.2. The number of rotatable bonds is 7. The summed E-state index contributed by atoms with van der Waals surface area (Å²) in [7, 11) is 0. The first kappa shape index (κ1) is 25.3. The van der Waals surface area contributed by atoms with E-state index in [9.17, 15) is 19.7 Å². The third-order valence-electron chi connectivity index (χ3n) is 4.01. The third-order valence-corrected chi connectivity index (χ3v) is 7.09. The molecule has 0 bridgehead atoms. The van der Waals surface area contributed by atoms with Gasteiger partial charge in [0, 0.05) is 17.5 Å². The molecule has 1 fully saturated rings. The number of nitro benzene ring substituents is 1. The van der Waals surface area contributed by atoms with E-state index in [1.807, 2.05) is 0 Å². The highest BCUT2D eigenvalue weighted by Crippen LogP contribution is 2.34. The first-order valence-electron chi connectivity index (χ1n) is 9.02. The van der Waals surface area contributed by atoms with E-state index in [0.29, 0.717) is 26.9 Å². The number of anilines is 1. The lowest BCUT2D eigenvalue weighted by molar-refractivity contribution is -0.387. The van der Waals surface area contributed by atoms with Crippen LogP contribution in [0.3, 0.4) is 0 Å². The fourth-order valence-electron chi connectivity index (χ4n) is 2.59. The molecule has 1 aliphatic heterocycles. The molecule has 0 spiro atoms. The molecule has 2 aromatic carbocycles. The van der Waals surface area contributed by atoms with Crippen molar-refractivity contribution >= 4 is 92.7 Å². The second-order valence-corrected chi connectivity index (χ2v) is 9.90. The number of amides is 3. The minimum atomic E-state index is -0.730. The van der Waals surface area contributed by atoms with Gasteiger partial charge in [0.05, 0.1) is 31.4 Å². The number of benzene rings is 2. The van der Waals surface area contributed by atoms with E-state index in [1.54, 1.807) is 12.1 Å². The smallest absolute Gasteiger partial charge is 0.338 e. The number of carbonyl (C=O) groups excluding carboxylic acids is 2. The molecule has 0 radical (unpaired) electrons. The minimum absolute atomic E-state index is 0.0835. The lowest BCUT2D eigenvalue weighted by atomic mass is 10.2. The number of thioether (sulfide) groups is 2. The van der Waals surface area contributed by atoms with E-state index in [0.717, 1.165) is 28.5 Å². The molecule has 0 aliphatic carbocycles. The SMILES string of the molecule is O=C(Nc1ccc(Cl)c(Cl)c1)NN1C(=O)/C(=C/c2ccc(SCCO)c([N+](=O)[O-])c2)SC1=S. The van der Waals surface area contributed by atoms with Crippen molar-refractivity contribution in [1.29, 1.82) is 0 Å². The Balaban J connectivity index is 1.73. The summed E-state index contributed by atoms with van der Waals surface area (Å²) in [5.41, 5.74) is 2.99. The van der Waals surface area contributed by atoms with Gasteiger partial charge in [-0.3, -0.25) is 14.9 Å². The van der Waals surface area contributed by atoms with Crippen LogP contribution in [0.1, 0.15) is 5.56 Å². The van der Waals surface area contributed by atoms with Crippen molar-refractivity contribution in [3.63, 3.8) is 0 Å². The van der Waals surface area contributed by atoms with E-state index < -0.39 is 16.9 Å². The van der Waals surface area contributed by atoms with Crippen LogP contribution in [-0.4, -0.2) is 43.7 Å². The fraction of sp³-hybridized carbons (Fsp3) is 0.105. The Hall–Kier alpha value is -2.35. The number of nitrogens with one attached hydrogen (secondary N) is 2. The van der Waals surface area contributed by atoms with Gasteiger partial charge in [0.25, 0.3) is 11.6 Å². The number of hydrazine groups is 1. The molecular weight excluding hydrogens is 531 g/mol. The van der Waals surface area contributed by atoms with Gasteiger partial charge in [-0.2, -0.15) is 5.01 Å². The maximum absolute atomic E-state index is 12.7. The van der Waals surface area contributed by atoms with Gasteiger partial charge >= 0.3 is 6.03 Å². The number of nitro groups is 1. The summed E-state index contributed by atoms with van der Waals surface area (Å²) in [5.74, 6) is -0.273. The average Bonchev–Trinajstić information content (AvgIpc) is 3.02. The first-order chi connectivity index (χ1) is 15.7. The highest BCUT2D eigenvalue weighted by atomic mass is 35.5. The lowest BCUT2D eigenvalue weighted by Gasteiger charge is -2.16. The maximum Gasteiger partial charge on any atom is 0.338 e. The van der Waals surface area contributed by atoms with E-state index in [-0.39, 0.29) is 26.5 Å². The van der Waals surface area contributed by atoms with Gasteiger partial charge in [-0.25, -0.2) is 10.2 Å². The summed E-state index contributed by atoms with van der Waals surface area (Å²) in [6.45, 7) is -0.113. The van der Waals surface area contributed by atoms with Gasteiger partial charge in [-0.15, -0.1) is 11.8 Å². The molecule has 0 unspecified atom stereocenters. The topological polar surface area (TPSA) is 125 Å². The zero-order valence-electron chi connectivity index (χ0n) is 16.4. The molecule has 172 valence electrons. The van der Waals surface area contributed by atoms with Gasteiger partial charge < -0.3 is 10.4 Å². The van der Waals surface area contributed by atoms with Crippen LogP contribution >= 0.6 is 58.9 Å². The Morgan fingerprint density at radius 2 is 2.03 bits per heavy atom. The lowest BCUT2D eigenvalue weighted by Crippen LogP contribution is -2.46. The number of carbonyl (C=O) groups is 2. The van der Waals surface area contributed by atoms with Gasteiger partial charge in [0.15, 0.2) is 4.32 Å². The van der Waals surface area contributed by atoms with Gasteiger partial charge in [0.2, 0.25) is 0 Å². The van der Waals surface area contributed by atoms with Crippen LogP contribution in [0.5, 0.6) is 0 Å². The van der Waals surface area contributed by atoms with Crippen molar-refractivity contribution in [2.24, 2.45) is 0 Å². The zero-order valence-corrected chi connectivity index (χ0v) is 20.4. The molecule has 33 heavy (non-hydrogen) atoms. The molecule has 3 rings (SSSR count). The monoisotopic (exact) mass is 544 g/mol. The molecule has 1 aliphatic rings. The van der Waals surface area contributed by atoms with E-state index in [4.69, 9.17) is 40.5 Å². The normalized spacial score (nSPS) is 14.6. The van der Waals surface area contributed by atoms with Crippen LogP contribution in [0.2, 0.25) is 10.0 Å². The fourth-order valence-corrected chi connectivity index (χ4v) is 4.83. The first-order valence-corrected chi connectivity index (χ1v) is 12.0. The molecule has 3 N–H and O–H groups in total. The summed E-state index contributed by atoms with van der Waals surface area (Å²) in [4.78, 5) is 36.5. The quantitative estimate of drug-likeness (QED) is 0.147. The van der Waals surface area contributed by atoms with Gasteiger partial charge in [0.1, 0.15) is 0 Å². The van der Waals surface area contributed by atoms with Gasteiger partial charge in [-0.05, 0) is 48.1 Å². The van der Waals surface area contributed by atoms with Crippen LogP contribution in [0.15, 0.2) is 46.2 Å². The van der Waals surface area contributed by atoms with Crippen molar-refractivity contribution in [3.05, 3.63) is 67.0 Å². The predicted octanol–water partition coefficient (Wildman–Crippen LogP) is 4.92. The van der Waals surface area contributed by atoms with Crippen molar-refractivity contribution in [1.82, 2.24) is 10.4 Å². The second-order valence-electron chi connectivity index (χ2n) is 6.27. The number of nitrogens with zero attached hydrogens (tertiary/aromatic N) is 2. The summed E-state index contributed by atoms with van der Waals surface area (Å²) >= 11 is 19.0. The largest absolute Gasteiger partial charge is 0.396 e. The molecule has 0 aromatic heterocycles. The highest BCUT2D eigenvalue weighted by molar-refractivity contribution is 8.26. The van der Waals surface area contributed by atoms with Crippen LogP contribution in [-0.2, 0) is 4.79 Å². The number of hydrogen-bond donors (Lipinski definition) is 3. The third kappa shape index (κ3) is 6.37. The van der Waals surface area contributed by atoms with E-state index in [1.165, 1.54) is 30.3 Å². The van der Waals surface area contributed by atoms with Crippen LogP contribution < -0.4 is 10.7 Å². The van der Waals surface area contributed by atoms with Gasteiger partial charge in [-0.1, -0.05) is 41.0 Å². The Bertz CT molecular complexity index is 1180. The number of urea groups is 1.